The molecule has 0 aromatic heterocycles. The van der Waals surface area contributed by atoms with E-state index in [-0.39, 0.29) is 45.6 Å². The first-order valence-corrected chi connectivity index (χ1v) is 11.2. The number of aliphatic hydroxyl groups excluding tert-OH is 2. The van der Waals surface area contributed by atoms with Crippen molar-refractivity contribution in [3.63, 3.8) is 0 Å². The van der Waals surface area contributed by atoms with Crippen LogP contribution in [0.1, 0.15) is 51.9 Å². The predicted molar refractivity (Wildman–Crippen MR) is 103 cm³/mol. The molecule has 12 heteroatoms. The Morgan fingerprint density at radius 2 is 1.79 bits per heavy atom. The zero-order chi connectivity index (χ0) is 22.1. The molecule has 0 aliphatic heterocycles. The summed E-state index contributed by atoms with van der Waals surface area (Å²) in [7, 11) is -4.37. The third-order valence-corrected chi connectivity index (χ3v) is 4.59. The van der Waals surface area contributed by atoms with Gasteiger partial charge in [0.1, 0.15) is 6.61 Å². The van der Waals surface area contributed by atoms with Gasteiger partial charge in [0.15, 0.2) is 6.10 Å². The third-order valence-electron chi connectivity index (χ3n) is 3.61. The van der Waals surface area contributed by atoms with Gasteiger partial charge in [0.25, 0.3) is 0 Å². The van der Waals surface area contributed by atoms with Gasteiger partial charge in [0, 0.05) is 26.0 Å². The normalized spacial score (nSPS) is 15.3. The largest absolute Gasteiger partial charge is 0.472 e. The van der Waals surface area contributed by atoms with Crippen molar-refractivity contribution >= 4 is 19.8 Å². The molecule has 0 aromatic carbocycles. The Morgan fingerprint density at radius 1 is 1.07 bits per heavy atom. The zero-order valence-corrected chi connectivity index (χ0v) is 17.8. The maximum atomic E-state index is 12.0. The number of carbonyl (C=O) groups excluding carboxylic acids is 2. The van der Waals surface area contributed by atoms with E-state index in [1.807, 2.05) is 0 Å². The SMILES string of the molecule is CCCC(=O)OC[C@H](COP(=O)(O)OCCN)OC(=O)CCCCC(O)CCO. The number of aliphatic hydroxyl groups is 2. The molecule has 0 fully saturated rings. The maximum absolute atomic E-state index is 12.0. The van der Waals surface area contributed by atoms with Gasteiger partial charge in [-0.05, 0) is 25.7 Å². The molecule has 0 aromatic rings. The number of nitrogens with two attached hydrogens (primary N) is 1. The Bertz CT molecular complexity index is 505. The van der Waals surface area contributed by atoms with Crippen molar-refractivity contribution in [2.24, 2.45) is 5.73 Å². The summed E-state index contributed by atoms with van der Waals surface area (Å²) in [6, 6.07) is 0. The van der Waals surface area contributed by atoms with Crippen LogP contribution < -0.4 is 5.73 Å². The first-order valence-electron chi connectivity index (χ1n) is 9.70. The lowest BCUT2D eigenvalue weighted by Gasteiger charge is -2.19. The summed E-state index contributed by atoms with van der Waals surface area (Å²) >= 11 is 0. The van der Waals surface area contributed by atoms with Crippen molar-refractivity contribution in [2.75, 3.05) is 33.0 Å². The van der Waals surface area contributed by atoms with E-state index in [0.717, 1.165) is 0 Å². The van der Waals surface area contributed by atoms with Gasteiger partial charge in [-0.25, -0.2) is 4.57 Å². The molecule has 3 atom stereocenters. The first-order chi connectivity index (χ1) is 13.7. The van der Waals surface area contributed by atoms with Crippen molar-refractivity contribution in [3.8, 4) is 0 Å². The number of unbranched alkanes of at least 4 members (excludes halogenated alkanes) is 1. The highest BCUT2D eigenvalue weighted by atomic mass is 31.2. The van der Waals surface area contributed by atoms with Crippen LogP contribution in [-0.2, 0) is 32.7 Å². The molecule has 29 heavy (non-hydrogen) atoms. The van der Waals surface area contributed by atoms with Crippen molar-refractivity contribution in [1.29, 1.82) is 0 Å². The fraction of sp³-hybridized carbons (Fsp3) is 0.882. The van der Waals surface area contributed by atoms with E-state index in [1.165, 1.54) is 0 Å². The van der Waals surface area contributed by atoms with Gasteiger partial charge in [0.05, 0.1) is 19.3 Å². The predicted octanol–water partition coefficient (Wildman–Crippen LogP) is 0.637. The summed E-state index contributed by atoms with van der Waals surface area (Å²) in [5.41, 5.74) is 5.19. The minimum absolute atomic E-state index is 0.0218. The number of ether oxygens (including phenoxy) is 2. The molecule has 11 nitrogen and oxygen atoms in total. The van der Waals surface area contributed by atoms with Gasteiger partial charge in [-0.3, -0.25) is 18.6 Å². The minimum Gasteiger partial charge on any atom is -0.462 e. The van der Waals surface area contributed by atoms with Crippen LogP contribution in [0.2, 0.25) is 0 Å². The van der Waals surface area contributed by atoms with Gasteiger partial charge < -0.3 is 30.3 Å². The lowest BCUT2D eigenvalue weighted by molar-refractivity contribution is -0.161. The topological polar surface area (TPSA) is 175 Å². The molecule has 0 aliphatic carbocycles. The standard InChI is InChI=1S/C17H34NO10P/c1-2-5-16(21)25-12-15(13-27-29(23,24)26-11-9-18)28-17(22)7-4-3-6-14(20)8-10-19/h14-15,19-20H,2-13,18H2,1H3,(H,23,24)/t14?,15-/m1/s1. The third kappa shape index (κ3) is 16.4. The number of carbonyl (C=O) groups is 2. The van der Waals surface area contributed by atoms with Crippen LogP contribution >= 0.6 is 7.82 Å². The first kappa shape index (κ1) is 27.9. The Hall–Kier alpha value is -1.07. The van der Waals surface area contributed by atoms with E-state index < -0.39 is 38.6 Å². The quantitative estimate of drug-likeness (QED) is 0.133. The van der Waals surface area contributed by atoms with Crippen LogP contribution in [0, 0.1) is 0 Å². The van der Waals surface area contributed by atoms with Crippen LogP contribution in [-0.4, -0.2) is 72.2 Å². The average molecular weight is 443 g/mol. The van der Waals surface area contributed by atoms with E-state index in [9.17, 15) is 24.2 Å². The maximum Gasteiger partial charge on any atom is 0.472 e. The van der Waals surface area contributed by atoms with E-state index in [4.69, 9.17) is 24.8 Å². The molecular weight excluding hydrogens is 409 g/mol. The van der Waals surface area contributed by atoms with Gasteiger partial charge >= 0.3 is 19.8 Å². The summed E-state index contributed by atoms with van der Waals surface area (Å²) in [6.45, 7) is 0.705. The molecule has 2 unspecified atom stereocenters. The highest BCUT2D eigenvalue weighted by molar-refractivity contribution is 7.47. The molecule has 172 valence electrons. The van der Waals surface area contributed by atoms with E-state index in [0.29, 0.717) is 25.7 Å². The highest BCUT2D eigenvalue weighted by Gasteiger charge is 2.25. The van der Waals surface area contributed by atoms with Gasteiger partial charge in [-0.2, -0.15) is 0 Å². The second kappa shape index (κ2) is 16.7. The summed E-state index contributed by atoms with van der Waals surface area (Å²) < 4.78 is 31.2. The molecule has 0 aliphatic rings. The molecule has 0 amide bonds. The van der Waals surface area contributed by atoms with Crippen molar-refractivity contribution in [3.05, 3.63) is 0 Å². The summed E-state index contributed by atoms with van der Waals surface area (Å²) in [5, 5.41) is 18.2. The summed E-state index contributed by atoms with van der Waals surface area (Å²) in [6.07, 6.45) is 0.848. The van der Waals surface area contributed by atoms with E-state index >= 15 is 0 Å². The molecule has 0 saturated carbocycles. The Kier molecular flexibility index (Phi) is 16.1. The second-order valence-electron chi connectivity index (χ2n) is 6.34. The number of esters is 2. The molecule has 0 bridgehead atoms. The molecule has 5 N–H and O–H groups in total. The number of rotatable bonds is 18. The highest BCUT2D eigenvalue weighted by Crippen LogP contribution is 2.43. The number of phosphoric acid groups is 1. The summed E-state index contributed by atoms with van der Waals surface area (Å²) in [4.78, 5) is 33.0. The monoisotopic (exact) mass is 443 g/mol. The fourth-order valence-corrected chi connectivity index (χ4v) is 2.91. The van der Waals surface area contributed by atoms with Crippen LogP contribution in [0.4, 0.5) is 0 Å². The van der Waals surface area contributed by atoms with Crippen LogP contribution in [0.25, 0.3) is 0 Å². The van der Waals surface area contributed by atoms with E-state index in [1.54, 1.807) is 6.92 Å². The average Bonchev–Trinajstić information content (AvgIpc) is 2.66. The smallest absolute Gasteiger partial charge is 0.462 e. The van der Waals surface area contributed by atoms with Crippen LogP contribution in [0.3, 0.4) is 0 Å². The fourth-order valence-electron chi connectivity index (χ4n) is 2.15. The number of hydrogen-bond donors (Lipinski definition) is 4. The minimum atomic E-state index is -4.37. The van der Waals surface area contributed by atoms with E-state index in [2.05, 4.69) is 4.52 Å². The molecule has 0 spiro atoms. The zero-order valence-electron chi connectivity index (χ0n) is 16.9. The van der Waals surface area contributed by atoms with Crippen molar-refractivity contribution < 1.29 is 47.8 Å². The Balaban J connectivity index is 4.49. The molecule has 0 radical (unpaired) electrons. The Morgan fingerprint density at radius 3 is 2.41 bits per heavy atom. The Labute approximate surface area is 171 Å². The van der Waals surface area contributed by atoms with Crippen LogP contribution in [0.15, 0.2) is 0 Å². The second-order valence-corrected chi connectivity index (χ2v) is 7.80. The van der Waals surface area contributed by atoms with Gasteiger partial charge in [-0.15, -0.1) is 0 Å². The summed E-state index contributed by atoms with van der Waals surface area (Å²) in [5.74, 6) is -1.09. The van der Waals surface area contributed by atoms with Gasteiger partial charge in [-0.1, -0.05) is 13.3 Å². The molecule has 0 rings (SSSR count). The lowest BCUT2D eigenvalue weighted by Crippen LogP contribution is -2.29. The van der Waals surface area contributed by atoms with Crippen molar-refractivity contribution in [1.82, 2.24) is 0 Å². The number of phosphoric ester groups is 1. The van der Waals surface area contributed by atoms with Gasteiger partial charge in [0.2, 0.25) is 0 Å². The lowest BCUT2D eigenvalue weighted by atomic mass is 10.1. The molecule has 0 saturated heterocycles. The number of hydrogen-bond acceptors (Lipinski definition) is 10. The molecular formula is C17H34NO10P. The van der Waals surface area contributed by atoms with Crippen molar-refractivity contribution in [2.45, 2.75) is 64.1 Å². The van der Waals surface area contributed by atoms with Crippen LogP contribution in [0.5, 0.6) is 0 Å². The molecule has 0 heterocycles.